The number of benzene rings is 3. The number of halogens is 1. The maximum atomic E-state index is 13.2. The van der Waals surface area contributed by atoms with E-state index in [1.807, 2.05) is 47.2 Å². The summed E-state index contributed by atoms with van der Waals surface area (Å²) in [4.78, 5) is 23.7. The molecule has 3 aromatic carbocycles. The van der Waals surface area contributed by atoms with Crippen LogP contribution in [0.25, 0.3) is 10.8 Å². The van der Waals surface area contributed by atoms with E-state index in [2.05, 4.69) is 0 Å². The number of methoxy groups -OCH3 is 4. The molecule has 38 heavy (non-hydrogen) atoms. The van der Waals surface area contributed by atoms with Crippen LogP contribution in [-0.2, 0) is 13.0 Å². The number of hydrogen-bond acceptors (Lipinski definition) is 7. The van der Waals surface area contributed by atoms with Gasteiger partial charge in [-0.1, -0.05) is 6.07 Å². The third-order valence-corrected chi connectivity index (χ3v) is 6.18. The zero-order valence-electron chi connectivity index (χ0n) is 21.4. The summed E-state index contributed by atoms with van der Waals surface area (Å²) in [5.74, 6) is 2.23. The van der Waals surface area contributed by atoms with E-state index in [0.717, 1.165) is 22.0 Å². The Morgan fingerprint density at radius 1 is 0.816 bits per heavy atom. The van der Waals surface area contributed by atoms with Gasteiger partial charge in [0, 0.05) is 23.8 Å². The van der Waals surface area contributed by atoms with E-state index in [1.165, 1.54) is 24.3 Å². The third-order valence-electron chi connectivity index (χ3n) is 6.18. The number of non-ortho nitro benzene ring substituents is 1. The molecule has 0 aliphatic rings. The van der Waals surface area contributed by atoms with Gasteiger partial charge in [-0.05, 0) is 47.3 Å². The van der Waals surface area contributed by atoms with Crippen molar-refractivity contribution in [2.75, 3.05) is 28.4 Å². The number of aromatic nitrogens is 1. The topological polar surface area (TPSA) is 101 Å². The van der Waals surface area contributed by atoms with Gasteiger partial charge in [-0.2, -0.15) is 4.57 Å². The summed E-state index contributed by atoms with van der Waals surface area (Å²) in [6.45, 7) is 0.0463. The summed E-state index contributed by atoms with van der Waals surface area (Å²) in [5.41, 5.74) is 2.16. The first-order chi connectivity index (χ1) is 17.9. The fourth-order valence-corrected chi connectivity index (χ4v) is 4.24. The summed E-state index contributed by atoms with van der Waals surface area (Å²) in [5, 5.41) is 12.8. The molecule has 0 radical (unpaired) electrons. The molecule has 0 saturated heterocycles. The lowest BCUT2D eigenvalue weighted by atomic mass is 10.0. The van der Waals surface area contributed by atoms with Crippen molar-refractivity contribution in [3.8, 4) is 23.0 Å². The molecule has 0 unspecified atom stereocenters. The predicted molar refractivity (Wildman–Crippen MR) is 137 cm³/mol. The molecule has 0 fully saturated rings. The second-order valence-corrected chi connectivity index (χ2v) is 8.28. The predicted octanol–water partition coefficient (Wildman–Crippen LogP) is 1.55. The molecule has 10 heteroatoms. The molecule has 0 aliphatic heterocycles. The SMILES string of the molecule is COc1ccc(Cc2c3cc(OC)c(OC)cc3cc[n+]2CC(=O)c2ccc([N+](=O)[O-])cc2)cc1OC.[Br-]. The van der Waals surface area contributed by atoms with Crippen molar-refractivity contribution in [1.82, 2.24) is 0 Å². The lowest BCUT2D eigenvalue weighted by Gasteiger charge is -2.13. The fourth-order valence-electron chi connectivity index (χ4n) is 4.24. The maximum Gasteiger partial charge on any atom is 0.269 e. The zero-order chi connectivity index (χ0) is 26.5. The van der Waals surface area contributed by atoms with Crippen molar-refractivity contribution < 1.29 is 50.2 Å². The minimum absolute atomic E-state index is 0. The molecule has 4 aromatic rings. The highest BCUT2D eigenvalue weighted by Gasteiger charge is 2.23. The molecule has 198 valence electrons. The molecule has 0 saturated carbocycles. The highest BCUT2D eigenvalue weighted by atomic mass is 79.9. The van der Waals surface area contributed by atoms with E-state index in [1.54, 1.807) is 28.4 Å². The van der Waals surface area contributed by atoms with Crippen molar-refractivity contribution in [3.63, 3.8) is 0 Å². The summed E-state index contributed by atoms with van der Waals surface area (Å²) in [6, 6.07) is 17.0. The Morgan fingerprint density at radius 2 is 1.42 bits per heavy atom. The monoisotopic (exact) mass is 582 g/mol. The summed E-state index contributed by atoms with van der Waals surface area (Å²) < 4.78 is 23.7. The van der Waals surface area contributed by atoms with Crippen molar-refractivity contribution in [3.05, 3.63) is 93.8 Å². The second-order valence-electron chi connectivity index (χ2n) is 8.28. The molecule has 0 N–H and O–H groups in total. The Labute approximate surface area is 230 Å². The summed E-state index contributed by atoms with van der Waals surface area (Å²) in [7, 11) is 6.33. The van der Waals surface area contributed by atoms with Crippen LogP contribution in [0.2, 0.25) is 0 Å². The minimum atomic E-state index is -0.491. The van der Waals surface area contributed by atoms with E-state index in [9.17, 15) is 14.9 Å². The number of hydrogen-bond donors (Lipinski definition) is 0. The molecular weight excluding hydrogens is 556 g/mol. The van der Waals surface area contributed by atoms with Gasteiger partial charge in [0.15, 0.2) is 34.9 Å². The Balaban J connectivity index is 0.00000400. The highest BCUT2D eigenvalue weighted by molar-refractivity contribution is 5.95. The number of nitro groups is 1. The van der Waals surface area contributed by atoms with E-state index >= 15 is 0 Å². The number of ketones is 1. The molecule has 1 aromatic heterocycles. The molecule has 0 aliphatic carbocycles. The number of pyridine rings is 1. The summed E-state index contributed by atoms with van der Waals surface area (Å²) >= 11 is 0. The fraction of sp³-hybridized carbons (Fsp3) is 0.214. The third kappa shape index (κ3) is 5.86. The number of nitrogens with zero attached hydrogens (tertiary/aromatic N) is 2. The zero-order valence-corrected chi connectivity index (χ0v) is 23.0. The maximum absolute atomic E-state index is 13.2. The van der Waals surface area contributed by atoms with Crippen LogP contribution in [-0.4, -0.2) is 39.1 Å². The first-order valence-electron chi connectivity index (χ1n) is 11.4. The van der Waals surface area contributed by atoms with Gasteiger partial charge in [0.1, 0.15) is 0 Å². The second kappa shape index (κ2) is 12.4. The quantitative estimate of drug-likeness (QED) is 0.121. The standard InChI is InChI=1S/C28H27N2O7.BrH/c1-34-25-10-5-18(14-26(25)35-2)13-23-22-16-28(37-4)27(36-3)15-20(22)11-12-29(23)17-24(31)19-6-8-21(9-7-19)30(32)33;/h5-12,14-16H,13,17H2,1-4H3;1H/q+1;/p-1. The Hall–Kier alpha value is -4.18. The van der Waals surface area contributed by atoms with Crippen molar-refractivity contribution in [2.45, 2.75) is 13.0 Å². The van der Waals surface area contributed by atoms with Crippen LogP contribution in [0.4, 0.5) is 5.69 Å². The van der Waals surface area contributed by atoms with E-state index < -0.39 is 4.92 Å². The molecular formula is C28H27BrN2O7. The Kier molecular flexibility index (Phi) is 9.25. The number of carbonyl (C=O) groups is 1. The van der Waals surface area contributed by atoms with E-state index in [4.69, 9.17) is 18.9 Å². The molecule has 9 nitrogen and oxygen atoms in total. The largest absolute Gasteiger partial charge is 1.00 e. The van der Waals surface area contributed by atoms with E-state index in [0.29, 0.717) is 35.0 Å². The lowest BCUT2D eigenvalue weighted by Crippen LogP contribution is -3.00. The Morgan fingerprint density at radius 3 is 2.03 bits per heavy atom. The van der Waals surface area contributed by atoms with Gasteiger partial charge in [-0.15, -0.1) is 0 Å². The average molecular weight is 583 g/mol. The van der Waals surface area contributed by atoms with Gasteiger partial charge in [0.2, 0.25) is 12.3 Å². The van der Waals surface area contributed by atoms with Crippen LogP contribution < -0.4 is 40.5 Å². The molecule has 1 heterocycles. The van der Waals surface area contributed by atoms with Crippen LogP contribution in [0, 0.1) is 10.1 Å². The normalized spacial score (nSPS) is 10.4. The van der Waals surface area contributed by atoms with Crippen LogP contribution in [0.3, 0.4) is 0 Å². The van der Waals surface area contributed by atoms with Gasteiger partial charge in [-0.25, -0.2) is 0 Å². The van der Waals surface area contributed by atoms with Crippen LogP contribution >= 0.6 is 0 Å². The number of carbonyl (C=O) groups excluding carboxylic acids is 1. The van der Waals surface area contributed by atoms with Crippen molar-refractivity contribution in [2.24, 2.45) is 0 Å². The van der Waals surface area contributed by atoms with Gasteiger partial charge in [-0.3, -0.25) is 14.9 Å². The molecule has 0 spiro atoms. The van der Waals surface area contributed by atoms with Crippen LogP contribution in [0.5, 0.6) is 23.0 Å². The molecule has 0 amide bonds. The highest BCUT2D eigenvalue weighted by Crippen LogP contribution is 2.34. The van der Waals surface area contributed by atoms with Gasteiger partial charge in [0.05, 0.1) is 45.2 Å². The van der Waals surface area contributed by atoms with Gasteiger partial charge < -0.3 is 35.9 Å². The van der Waals surface area contributed by atoms with Crippen molar-refractivity contribution in [1.29, 1.82) is 0 Å². The number of Topliss-reactive ketones (excluding diaryl/α,β-unsaturated/α-hetero) is 1. The van der Waals surface area contributed by atoms with Crippen molar-refractivity contribution >= 4 is 22.2 Å². The Bertz CT molecular complexity index is 1470. The van der Waals surface area contributed by atoms with Gasteiger partial charge >= 0.3 is 0 Å². The number of ether oxygens (including phenoxy) is 4. The van der Waals surface area contributed by atoms with Crippen LogP contribution in [0.15, 0.2) is 66.9 Å². The first kappa shape index (κ1) is 28.4. The number of fused-ring (bicyclic) bond motifs is 1. The number of rotatable bonds is 10. The average Bonchev–Trinajstić information content (AvgIpc) is 2.93. The lowest BCUT2D eigenvalue weighted by molar-refractivity contribution is -0.688. The minimum Gasteiger partial charge on any atom is -1.00 e. The van der Waals surface area contributed by atoms with Gasteiger partial charge in [0.25, 0.3) is 5.69 Å². The first-order valence-corrected chi connectivity index (χ1v) is 11.4. The molecule has 0 bridgehead atoms. The smallest absolute Gasteiger partial charge is 0.269 e. The molecule has 0 atom stereocenters. The summed E-state index contributed by atoms with van der Waals surface area (Å²) in [6.07, 6.45) is 2.34. The molecule has 4 rings (SSSR count). The van der Waals surface area contributed by atoms with Crippen LogP contribution in [0.1, 0.15) is 21.6 Å². The number of nitro benzene ring substituents is 1. The van der Waals surface area contributed by atoms with E-state index in [-0.39, 0.29) is 35.0 Å².